The number of carbonyl (C=O) groups is 1. The van der Waals surface area contributed by atoms with Crippen molar-refractivity contribution in [2.45, 2.75) is 31.8 Å². The van der Waals surface area contributed by atoms with Gasteiger partial charge in [0, 0.05) is 13.2 Å². The molecule has 1 N–H and O–H groups in total. The summed E-state index contributed by atoms with van der Waals surface area (Å²) in [5, 5.41) is 14.0. The summed E-state index contributed by atoms with van der Waals surface area (Å²) < 4.78 is 7.53. The molecule has 6 heteroatoms. The molecule has 0 aromatic carbocycles. The van der Waals surface area contributed by atoms with Crippen LogP contribution in [0.5, 0.6) is 5.75 Å². The molecule has 0 atom stereocenters. The predicted molar refractivity (Wildman–Crippen MR) is 68.4 cm³/mol. The second-order valence-electron chi connectivity index (χ2n) is 4.84. The fourth-order valence-corrected chi connectivity index (χ4v) is 2.53. The van der Waals surface area contributed by atoms with E-state index in [2.05, 4.69) is 10.1 Å². The summed E-state index contributed by atoms with van der Waals surface area (Å²) in [4.78, 5) is 15.4. The maximum atomic E-state index is 11.3. The molecule has 2 heterocycles. The number of aryl methyl sites for hydroxylation is 1. The summed E-state index contributed by atoms with van der Waals surface area (Å²) >= 11 is 0. The summed E-state index contributed by atoms with van der Waals surface area (Å²) in [6, 6.07) is 0. The number of pyridine rings is 1. The highest BCUT2D eigenvalue weighted by Crippen LogP contribution is 2.32. The smallest absolute Gasteiger partial charge is 0.341 e. The van der Waals surface area contributed by atoms with Gasteiger partial charge in [0.05, 0.1) is 17.7 Å². The van der Waals surface area contributed by atoms with E-state index in [9.17, 15) is 9.90 Å². The van der Waals surface area contributed by atoms with Crippen molar-refractivity contribution in [3.05, 3.63) is 18.0 Å². The molecular formula is C13H15N3O3. The minimum absolute atomic E-state index is 0.101. The highest BCUT2D eigenvalue weighted by molar-refractivity contribution is 5.97. The molecule has 0 spiro atoms. The van der Waals surface area contributed by atoms with Crippen LogP contribution < -0.4 is 4.74 Å². The van der Waals surface area contributed by atoms with E-state index in [4.69, 9.17) is 4.74 Å². The molecule has 6 nitrogen and oxygen atoms in total. The molecule has 1 saturated carbocycles. The van der Waals surface area contributed by atoms with Crippen molar-refractivity contribution in [1.82, 2.24) is 14.8 Å². The Labute approximate surface area is 110 Å². The van der Waals surface area contributed by atoms with Gasteiger partial charge >= 0.3 is 5.97 Å². The third-order valence-electron chi connectivity index (χ3n) is 3.53. The Morgan fingerprint density at radius 1 is 1.42 bits per heavy atom. The summed E-state index contributed by atoms with van der Waals surface area (Å²) in [7, 11) is 1.77. The number of carboxylic acid groups (broad SMARTS) is 1. The molecule has 0 radical (unpaired) electrons. The Balaban J connectivity index is 2.10. The highest BCUT2D eigenvalue weighted by atomic mass is 16.5. The van der Waals surface area contributed by atoms with Gasteiger partial charge in [0.1, 0.15) is 11.3 Å². The molecule has 2 aromatic heterocycles. The highest BCUT2D eigenvalue weighted by Gasteiger charge is 2.23. The van der Waals surface area contributed by atoms with E-state index in [-0.39, 0.29) is 11.7 Å². The normalized spacial score (nSPS) is 16.1. The van der Waals surface area contributed by atoms with Gasteiger partial charge in [-0.2, -0.15) is 5.10 Å². The van der Waals surface area contributed by atoms with Crippen molar-refractivity contribution in [2.24, 2.45) is 7.05 Å². The van der Waals surface area contributed by atoms with Crippen molar-refractivity contribution in [3.8, 4) is 5.75 Å². The molecule has 3 rings (SSSR count). The fraction of sp³-hybridized carbons (Fsp3) is 0.462. The molecule has 0 saturated heterocycles. The van der Waals surface area contributed by atoms with Crippen molar-refractivity contribution < 1.29 is 14.6 Å². The Morgan fingerprint density at radius 3 is 2.84 bits per heavy atom. The van der Waals surface area contributed by atoms with E-state index in [0.717, 1.165) is 25.7 Å². The fourth-order valence-electron chi connectivity index (χ4n) is 2.53. The van der Waals surface area contributed by atoms with Crippen molar-refractivity contribution in [1.29, 1.82) is 0 Å². The van der Waals surface area contributed by atoms with E-state index in [0.29, 0.717) is 16.8 Å². The first-order valence-corrected chi connectivity index (χ1v) is 6.37. The SMILES string of the molecule is Cn1ncc2c(OC3CCCC3)c(C(=O)O)cnc21. The van der Waals surface area contributed by atoms with Crippen molar-refractivity contribution in [2.75, 3.05) is 0 Å². The molecule has 1 aliphatic carbocycles. The van der Waals surface area contributed by atoms with Crippen molar-refractivity contribution >= 4 is 17.0 Å². The number of carboxylic acids is 1. The predicted octanol–water partition coefficient (Wildman–Crippen LogP) is 1.99. The van der Waals surface area contributed by atoms with Gasteiger partial charge in [0.15, 0.2) is 5.65 Å². The Morgan fingerprint density at radius 2 is 2.16 bits per heavy atom. The van der Waals surface area contributed by atoms with Gasteiger partial charge in [0.2, 0.25) is 0 Å². The van der Waals surface area contributed by atoms with E-state index < -0.39 is 5.97 Å². The number of hydrogen-bond acceptors (Lipinski definition) is 4. The molecular weight excluding hydrogens is 246 g/mol. The quantitative estimate of drug-likeness (QED) is 0.914. The molecule has 1 aliphatic rings. The van der Waals surface area contributed by atoms with Crippen LogP contribution in [0.15, 0.2) is 12.4 Å². The minimum Gasteiger partial charge on any atom is -0.489 e. The molecule has 0 bridgehead atoms. The van der Waals surface area contributed by atoms with Crippen LogP contribution in [0.2, 0.25) is 0 Å². The Bertz CT molecular complexity index is 629. The Kier molecular flexibility index (Phi) is 2.85. The zero-order valence-corrected chi connectivity index (χ0v) is 10.7. The first kappa shape index (κ1) is 12.0. The zero-order valence-electron chi connectivity index (χ0n) is 10.7. The van der Waals surface area contributed by atoms with Crippen LogP contribution in [-0.2, 0) is 7.05 Å². The zero-order chi connectivity index (χ0) is 13.4. The van der Waals surface area contributed by atoms with Crippen LogP contribution in [0, 0.1) is 0 Å². The maximum Gasteiger partial charge on any atom is 0.341 e. The van der Waals surface area contributed by atoms with Crippen LogP contribution in [0.4, 0.5) is 0 Å². The van der Waals surface area contributed by atoms with Crippen LogP contribution in [0.3, 0.4) is 0 Å². The molecule has 0 unspecified atom stereocenters. The summed E-state index contributed by atoms with van der Waals surface area (Å²) in [6.45, 7) is 0. The molecule has 0 amide bonds. The Hall–Kier alpha value is -2.11. The van der Waals surface area contributed by atoms with Crippen LogP contribution in [0.1, 0.15) is 36.0 Å². The lowest BCUT2D eigenvalue weighted by Gasteiger charge is -2.15. The first-order valence-electron chi connectivity index (χ1n) is 6.37. The topological polar surface area (TPSA) is 77.2 Å². The molecule has 2 aromatic rings. The van der Waals surface area contributed by atoms with Gasteiger partial charge in [-0.1, -0.05) is 0 Å². The lowest BCUT2D eigenvalue weighted by atomic mass is 10.2. The molecule has 1 fully saturated rings. The number of hydrogen-bond donors (Lipinski definition) is 1. The van der Waals surface area contributed by atoms with Gasteiger partial charge in [-0.05, 0) is 25.7 Å². The number of aromatic carboxylic acids is 1. The molecule has 0 aliphatic heterocycles. The summed E-state index contributed by atoms with van der Waals surface area (Å²) in [5.74, 6) is -0.622. The minimum atomic E-state index is -1.02. The second kappa shape index (κ2) is 4.53. The first-order chi connectivity index (χ1) is 9.16. The molecule has 100 valence electrons. The summed E-state index contributed by atoms with van der Waals surface area (Å²) in [6.07, 6.45) is 7.27. The van der Waals surface area contributed by atoms with Crippen LogP contribution in [-0.4, -0.2) is 31.9 Å². The maximum absolute atomic E-state index is 11.3. The number of rotatable bonds is 3. The van der Waals surface area contributed by atoms with Crippen LogP contribution >= 0.6 is 0 Å². The van der Waals surface area contributed by atoms with Crippen LogP contribution in [0.25, 0.3) is 11.0 Å². The van der Waals surface area contributed by atoms with E-state index in [1.807, 2.05) is 0 Å². The number of ether oxygens (including phenoxy) is 1. The lowest BCUT2D eigenvalue weighted by molar-refractivity contribution is 0.0689. The van der Waals surface area contributed by atoms with Gasteiger partial charge in [0.25, 0.3) is 0 Å². The molecule has 19 heavy (non-hydrogen) atoms. The number of aromatic nitrogens is 3. The summed E-state index contributed by atoms with van der Waals surface area (Å²) in [5.41, 5.74) is 0.741. The lowest BCUT2D eigenvalue weighted by Crippen LogP contribution is -2.14. The average Bonchev–Trinajstić information content (AvgIpc) is 3.00. The largest absolute Gasteiger partial charge is 0.489 e. The monoisotopic (exact) mass is 261 g/mol. The number of fused-ring (bicyclic) bond motifs is 1. The second-order valence-corrected chi connectivity index (χ2v) is 4.84. The van der Waals surface area contributed by atoms with E-state index in [1.165, 1.54) is 6.20 Å². The van der Waals surface area contributed by atoms with E-state index in [1.54, 1.807) is 17.9 Å². The standard InChI is InChI=1S/C13H15N3O3/c1-16-12-9(7-15-16)11(10(6-14-12)13(17)18)19-8-4-2-3-5-8/h6-8H,2-5H2,1H3,(H,17,18). The van der Waals surface area contributed by atoms with Gasteiger partial charge in [-0.3, -0.25) is 4.68 Å². The van der Waals surface area contributed by atoms with Crippen molar-refractivity contribution in [3.63, 3.8) is 0 Å². The third kappa shape index (κ3) is 2.03. The average molecular weight is 261 g/mol. The van der Waals surface area contributed by atoms with Gasteiger partial charge in [-0.15, -0.1) is 0 Å². The van der Waals surface area contributed by atoms with E-state index >= 15 is 0 Å². The van der Waals surface area contributed by atoms with Gasteiger partial charge < -0.3 is 9.84 Å². The number of nitrogens with zero attached hydrogens (tertiary/aromatic N) is 3. The third-order valence-corrected chi connectivity index (χ3v) is 3.53. The van der Waals surface area contributed by atoms with Gasteiger partial charge in [-0.25, -0.2) is 9.78 Å².